The largest absolute Gasteiger partial charge is 0.416 e. The molecule has 0 amide bonds. The molecule has 0 N–H and O–H groups in total. The lowest BCUT2D eigenvalue weighted by molar-refractivity contribution is -0.138. The normalized spacial score (nSPS) is 11.6. The Morgan fingerprint density at radius 1 is 0.520 bits per heavy atom. The number of hydrogen-bond acceptors (Lipinski definition) is 0. The topological polar surface area (TPSA) is 0 Å². The van der Waals surface area contributed by atoms with Gasteiger partial charge in [0.25, 0.3) is 0 Å². The first-order valence-electron chi connectivity index (χ1n) is 8.11. The van der Waals surface area contributed by atoms with Gasteiger partial charge in [-0.1, -0.05) is 54.6 Å². The molecule has 0 spiro atoms. The maximum atomic E-state index is 13.1. The average Bonchev–Trinajstić information content (AvgIpc) is 2.57. The second kappa shape index (κ2) is 6.40. The van der Waals surface area contributed by atoms with E-state index in [0.29, 0.717) is 5.56 Å². The van der Waals surface area contributed by atoms with Gasteiger partial charge in [0.05, 0.1) is 5.56 Å². The number of aryl methyl sites for hydroxylation is 3. The molecule has 0 nitrogen and oxygen atoms in total. The summed E-state index contributed by atoms with van der Waals surface area (Å²) in [6.07, 6.45) is -4.33. The van der Waals surface area contributed by atoms with Gasteiger partial charge < -0.3 is 0 Å². The first kappa shape index (κ1) is 17.3. The Hall–Kier alpha value is -2.55. The first-order chi connectivity index (χ1) is 11.8. The Labute approximate surface area is 146 Å². The summed E-state index contributed by atoms with van der Waals surface area (Å²) < 4.78 is 39.3. The van der Waals surface area contributed by atoms with Gasteiger partial charge in [-0.3, -0.25) is 0 Å². The van der Waals surface area contributed by atoms with Crippen molar-refractivity contribution in [3.05, 3.63) is 82.9 Å². The van der Waals surface area contributed by atoms with E-state index in [2.05, 4.69) is 32.0 Å². The van der Waals surface area contributed by atoms with Crippen molar-refractivity contribution in [1.82, 2.24) is 0 Å². The highest BCUT2D eigenvalue weighted by molar-refractivity contribution is 5.71. The van der Waals surface area contributed by atoms with Crippen molar-refractivity contribution in [3.63, 3.8) is 0 Å². The van der Waals surface area contributed by atoms with Gasteiger partial charge in [-0.05, 0) is 65.8 Å². The molecule has 3 heteroatoms. The zero-order valence-corrected chi connectivity index (χ0v) is 14.4. The van der Waals surface area contributed by atoms with Crippen LogP contribution in [-0.2, 0) is 6.18 Å². The van der Waals surface area contributed by atoms with Crippen LogP contribution in [0.25, 0.3) is 22.3 Å². The lowest BCUT2D eigenvalue weighted by atomic mass is 9.96. The second-order valence-electron chi connectivity index (χ2n) is 6.40. The van der Waals surface area contributed by atoms with Gasteiger partial charge in [0.1, 0.15) is 0 Å². The van der Waals surface area contributed by atoms with Gasteiger partial charge in [-0.2, -0.15) is 13.2 Å². The highest BCUT2D eigenvalue weighted by atomic mass is 19.4. The van der Waals surface area contributed by atoms with Crippen LogP contribution in [0.4, 0.5) is 13.2 Å². The quantitative estimate of drug-likeness (QED) is 0.473. The van der Waals surface area contributed by atoms with E-state index in [1.165, 1.54) is 30.2 Å². The number of rotatable bonds is 2. The maximum Gasteiger partial charge on any atom is 0.416 e. The van der Waals surface area contributed by atoms with Gasteiger partial charge >= 0.3 is 6.18 Å². The summed E-state index contributed by atoms with van der Waals surface area (Å²) in [4.78, 5) is 0. The molecule has 0 aliphatic rings. The molecule has 0 heterocycles. The fourth-order valence-corrected chi connectivity index (χ4v) is 2.88. The predicted molar refractivity (Wildman–Crippen MR) is 96.5 cm³/mol. The third kappa shape index (κ3) is 3.60. The van der Waals surface area contributed by atoms with Crippen molar-refractivity contribution >= 4 is 0 Å². The monoisotopic (exact) mass is 340 g/mol. The minimum absolute atomic E-state index is 0.239. The van der Waals surface area contributed by atoms with Crippen LogP contribution in [0, 0.1) is 20.8 Å². The van der Waals surface area contributed by atoms with E-state index >= 15 is 0 Å². The smallest absolute Gasteiger partial charge is 0.166 e. The van der Waals surface area contributed by atoms with E-state index in [1.807, 2.05) is 24.3 Å². The van der Waals surface area contributed by atoms with E-state index in [4.69, 9.17) is 0 Å². The van der Waals surface area contributed by atoms with Crippen molar-refractivity contribution in [2.75, 3.05) is 0 Å². The number of benzene rings is 3. The summed E-state index contributed by atoms with van der Waals surface area (Å²) in [6.45, 7) is 5.62. The van der Waals surface area contributed by atoms with E-state index in [-0.39, 0.29) is 5.56 Å². The molecule has 3 rings (SSSR count). The zero-order chi connectivity index (χ0) is 18.2. The highest BCUT2D eigenvalue weighted by Gasteiger charge is 2.32. The first-order valence-corrected chi connectivity index (χ1v) is 8.11. The summed E-state index contributed by atoms with van der Waals surface area (Å²) in [7, 11) is 0. The molecule has 0 aromatic heterocycles. The molecule has 0 fully saturated rings. The molecule has 0 radical (unpaired) electrons. The Bertz CT molecular complexity index is 904. The van der Waals surface area contributed by atoms with Crippen LogP contribution in [0.3, 0.4) is 0 Å². The van der Waals surface area contributed by atoms with E-state index in [0.717, 1.165) is 16.7 Å². The van der Waals surface area contributed by atoms with Crippen LogP contribution in [-0.4, -0.2) is 0 Å². The van der Waals surface area contributed by atoms with Crippen LogP contribution in [0.5, 0.6) is 0 Å². The Kier molecular flexibility index (Phi) is 4.42. The Balaban J connectivity index is 1.96. The summed E-state index contributed by atoms with van der Waals surface area (Å²) >= 11 is 0. The molecule has 128 valence electrons. The van der Waals surface area contributed by atoms with Gasteiger partial charge in [-0.15, -0.1) is 0 Å². The third-order valence-corrected chi connectivity index (χ3v) is 4.60. The van der Waals surface area contributed by atoms with Crippen molar-refractivity contribution in [2.24, 2.45) is 0 Å². The summed E-state index contributed by atoms with van der Waals surface area (Å²) in [5.74, 6) is 0. The predicted octanol–water partition coefficient (Wildman–Crippen LogP) is 6.96. The van der Waals surface area contributed by atoms with Crippen molar-refractivity contribution < 1.29 is 13.2 Å². The highest BCUT2D eigenvalue weighted by Crippen LogP contribution is 2.35. The van der Waals surface area contributed by atoms with Gasteiger partial charge in [0.15, 0.2) is 0 Å². The minimum atomic E-state index is -4.33. The second-order valence-corrected chi connectivity index (χ2v) is 6.40. The molecule has 0 aliphatic carbocycles. The molecular weight excluding hydrogens is 321 g/mol. The maximum absolute atomic E-state index is 13.1. The molecule has 0 atom stereocenters. The van der Waals surface area contributed by atoms with E-state index in [1.54, 1.807) is 6.07 Å². The SMILES string of the molecule is Cc1ccc(-c2ccc(-c3ccc(C)c(C(F)(F)F)c3)cc2)cc1C. The fraction of sp³-hybridized carbons (Fsp3) is 0.182. The minimum Gasteiger partial charge on any atom is -0.166 e. The Morgan fingerprint density at radius 2 is 0.960 bits per heavy atom. The van der Waals surface area contributed by atoms with E-state index < -0.39 is 11.7 Å². The summed E-state index contributed by atoms with van der Waals surface area (Å²) in [6, 6.07) is 18.4. The standard InChI is InChI=1S/C22H19F3/c1-14-4-6-19(12-16(14)3)17-8-10-18(11-9-17)20-7-5-15(2)21(13-20)22(23,24)25/h4-13H,1-3H3. The van der Waals surface area contributed by atoms with Crippen LogP contribution >= 0.6 is 0 Å². The van der Waals surface area contributed by atoms with Crippen LogP contribution < -0.4 is 0 Å². The van der Waals surface area contributed by atoms with Gasteiger partial charge in [0.2, 0.25) is 0 Å². The Morgan fingerprint density at radius 3 is 1.44 bits per heavy atom. The molecule has 25 heavy (non-hydrogen) atoms. The molecule has 0 saturated heterocycles. The number of halogens is 3. The van der Waals surface area contributed by atoms with Crippen LogP contribution in [0.2, 0.25) is 0 Å². The molecule has 0 unspecified atom stereocenters. The summed E-state index contributed by atoms with van der Waals surface area (Å²) in [5.41, 5.74) is 5.62. The molecule has 3 aromatic carbocycles. The molecule has 0 bridgehead atoms. The van der Waals surface area contributed by atoms with Crippen molar-refractivity contribution in [3.8, 4) is 22.3 Å². The third-order valence-electron chi connectivity index (χ3n) is 4.60. The fourth-order valence-electron chi connectivity index (χ4n) is 2.88. The average molecular weight is 340 g/mol. The van der Waals surface area contributed by atoms with Crippen molar-refractivity contribution in [1.29, 1.82) is 0 Å². The van der Waals surface area contributed by atoms with Crippen LogP contribution in [0.15, 0.2) is 60.7 Å². The van der Waals surface area contributed by atoms with Gasteiger partial charge in [0, 0.05) is 0 Å². The van der Waals surface area contributed by atoms with Crippen LogP contribution in [0.1, 0.15) is 22.3 Å². The number of hydrogen-bond donors (Lipinski definition) is 0. The molecule has 0 saturated carbocycles. The lowest BCUT2D eigenvalue weighted by Gasteiger charge is -2.13. The lowest BCUT2D eigenvalue weighted by Crippen LogP contribution is -2.07. The van der Waals surface area contributed by atoms with Gasteiger partial charge in [-0.25, -0.2) is 0 Å². The molecular formula is C22H19F3. The van der Waals surface area contributed by atoms with Crippen molar-refractivity contribution in [2.45, 2.75) is 26.9 Å². The number of alkyl halides is 3. The zero-order valence-electron chi connectivity index (χ0n) is 14.4. The van der Waals surface area contributed by atoms with E-state index in [9.17, 15) is 13.2 Å². The molecule has 3 aromatic rings. The summed E-state index contributed by atoms with van der Waals surface area (Å²) in [5, 5.41) is 0. The molecule has 0 aliphatic heterocycles.